The van der Waals surface area contributed by atoms with Crippen molar-refractivity contribution in [1.82, 2.24) is 14.4 Å². The first kappa shape index (κ1) is 16.1. The molecule has 1 fully saturated rings. The van der Waals surface area contributed by atoms with Gasteiger partial charge in [-0.3, -0.25) is 4.90 Å². The van der Waals surface area contributed by atoms with Gasteiger partial charge in [0.1, 0.15) is 0 Å². The van der Waals surface area contributed by atoms with E-state index in [1.807, 2.05) is 0 Å². The van der Waals surface area contributed by atoms with E-state index in [9.17, 15) is 0 Å². The molecule has 4 rings (SSSR count). The third kappa shape index (κ3) is 2.99. The molecule has 4 nitrogen and oxygen atoms in total. The highest BCUT2D eigenvalue weighted by Crippen LogP contribution is 2.33. The second-order valence-electron chi connectivity index (χ2n) is 7.41. The Morgan fingerprint density at radius 1 is 1.12 bits per heavy atom. The van der Waals surface area contributed by atoms with E-state index in [1.54, 1.807) is 11.3 Å². The van der Waals surface area contributed by atoms with Crippen LogP contribution in [0, 0.1) is 0 Å². The van der Waals surface area contributed by atoms with E-state index in [2.05, 4.69) is 52.7 Å². The Balaban J connectivity index is 1.63. The molecule has 0 saturated carbocycles. The van der Waals surface area contributed by atoms with Gasteiger partial charge < -0.3 is 14.2 Å². The van der Waals surface area contributed by atoms with E-state index in [0.717, 1.165) is 39.4 Å². The van der Waals surface area contributed by atoms with E-state index in [-0.39, 0.29) is 0 Å². The normalized spacial score (nSPS) is 22.2. The van der Waals surface area contributed by atoms with Gasteiger partial charge in [-0.1, -0.05) is 18.2 Å². The summed E-state index contributed by atoms with van der Waals surface area (Å²) in [4.78, 5) is 4.93. The van der Waals surface area contributed by atoms with Crippen LogP contribution in [0.3, 0.4) is 0 Å². The standard InChI is InChI=1S/C20H29N3O/c1-21(2)16-7-8-20-18(15-16)17-5-3-4-6-19(17)23(20)10-9-22-11-13-24-14-12-22/h3-6,16H,7-15H2,1-2H3. The fraction of sp³-hybridized carbons (Fsp3) is 0.600. The average molecular weight is 327 g/mol. The van der Waals surface area contributed by atoms with E-state index < -0.39 is 0 Å². The molecule has 130 valence electrons. The highest BCUT2D eigenvalue weighted by Gasteiger charge is 2.26. The summed E-state index contributed by atoms with van der Waals surface area (Å²) in [5, 5.41) is 1.47. The zero-order valence-corrected chi connectivity index (χ0v) is 15.0. The van der Waals surface area contributed by atoms with Crippen molar-refractivity contribution >= 4 is 10.9 Å². The molecule has 1 aromatic carbocycles. The fourth-order valence-electron chi connectivity index (χ4n) is 4.34. The van der Waals surface area contributed by atoms with Gasteiger partial charge in [0, 0.05) is 48.8 Å². The molecule has 0 amide bonds. The smallest absolute Gasteiger partial charge is 0.0594 e. The molecular formula is C20H29N3O. The van der Waals surface area contributed by atoms with Crippen LogP contribution in [0.1, 0.15) is 17.7 Å². The van der Waals surface area contributed by atoms with Gasteiger partial charge in [0.15, 0.2) is 0 Å². The number of morpholine rings is 1. The number of likely N-dealkylation sites (N-methyl/N-ethyl adjacent to an activating group) is 1. The maximum absolute atomic E-state index is 5.48. The lowest BCUT2D eigenvalue weighted by Gasteiger charge is -2.30. The number of fused-ring (bicyclic) bond motifs is 3. The molecule has 24 heavy (non-hydrogen) atoms. The molecule has 0 N–H and O–H groups in total. The van der Waals surface area contributed by atoms with Crippen LogP contribution >= 0.6 is 0 Å². The summed E-state index contributed by atoms with van der Waals surface area (Å²) in [6, 6.07) is 9.67. The first-order valence-electron chi connectivity index (χ1n) is 9.29. The van der Waals surface area contributed by atoms with Gasteiger partial charge in [-0.2, -0.15) is 0 Å². The van der Waals surface area contributed by atoms with Gasteiger partial charge in [-0.25, -0.2) is 0 Å². The SMILES string of the molecule is CN(C)C1CCc2c(c3ccccc3n2CCN2CCOCC2)C1. The molecule has 1 unspecified atom stereocenters. The Morgan fingerprint density at radius 2 is 1.92 bits per heavy atom. The summed E-state index contributed by atoms with van der Waals surface area (Å²) in [5.41, 5.74) is 4.61. The fourth-order valence-corrected chi connectivity index (χ4v) is 4.34. The molecule has 1 atom stereocenters. The minimum atomic E-state index is 0.677. The van der Waals surface area contributed by atoms with E-state index in [0.29, 0.717) is 6.04 Å². The number of ether oxygens (including phenoxy) is 1. The number of hydrogen-bond acceptors (Lipinski definition) is 3. The van der Waals surface area contributed by atoms with Crippen LogP contribution in [-0.2, 0) is 24.1 Å². The lowest BCUT2D eigenvalue weighted by molar-refractivity contribution is 0.0364. The summed E-state index contributed by atoms with van der Waals surface area (Å²) < 4.78 is 8.08. The van der Waals surface area contributed by atoms with Gasteiger partial charge in [0.05, 0.1) is 13.2 Å². The largest absolute Gasteiger partial charge is 0.379 e. The summed E-state index contributed by atoms with van der Waals surface area (Å²) >= 11 is 0. The minimum absolute atomic E-state index is 0.677. The van der Waals surface area contributed by atoms with Crippen molar-refractivity contribution in [2.45, 2.75) is 31.8 Å². The number of benzene rings is 1. The van der Waals surface area contributed by atoms with Crippen molar-refractivity contribution in [2.24, 2.45) is 0 Å². The second-order valence-corrected chi connectivity index (χ2v) is 7.41. The molecule has 2 aliphatic rings. The van der Waals surface area contributed by atoms with E-state index >= 15 is 0 Å². The molecule has 1 aliphatic carbocycles. The number of para-hydroxylation sites is 1. The first-order valence-corrected chi connectivity index (χ1v) is 9.29. The Hall–Kier alpha value is -1.36. The van der Waals surface area contributed by atoms with Crippen LogP contribution in [0.4, 0.5) is 0 Å². The third-order valence-electron chi connectivity index (χ3n) is 5.82. The highest BCUT2D eigenvalue weighted by molar-refractivity contribution is 5.86. The summed E-state index contributed by atoms with van der Waals surface area (Å²) in [6.45, 7) is 6.15. The van der Waals surface area contributed by atoms with Crippen molar-refractivity contribution in [3.05, 3.63) is 35.5 Å². The maximum atomic E-state index is 5.48. The maximum Gasteiger partial charge on any atom is 0.0594 e. The van der Waals surface area contributed by atoms with Crippen molar-refractivity contribution in [2.75, 3.05) is 46.9 Å². The molecule has 0 spiro atoms. The van der Waals surface area contributed by atoms with Crippen LogP contribution in [0.15, 0.2) is 24.3 Å². The van der Waals surface area contributed by atoms with Crippen LogP contribution in [0.2, 0.25) is 0 Å². The van der Waals surface area contributed by atoms with Crippen LogP contribution in [0.5, 0.6) is 0 Å². The van der Waals surface area contributed by atoms with Crippen molar-refractivity contribution in [3.63, 3.8) is 0 Å². The molecule has 1 saturated heterocycles. The summed E-state index contributed by atoms with van der Waals surface area (Å²) in [5.74, 6) is 0. The molecule has 0 bridgehead atoms. The Morgan fingerprint density at radius 3 is 2.71 bits per heavy atom. The lowest BCUT2D eigenvalue weighted by atomic mass is 9.91. The van der Waals surface area contributed by atoms with Gasteiger partial charge >= 0.3 is 0 Å². The first-order chi connectivity index (χ1) is 11.7. The number of aromatic nitrogens is 1. The number of rotatable bonds is 4. The van der Waals surface area contributed by atoms with Gasteiger partial charge in [-0.15, -0.1) is 0 Å². The topological polar surface area (TPSA) is 20.6 Å². The zero-order chi connectivity index (χ0) is 16.5. The molecule has 2 aromatic rings. The summed E-state index contributed by atoms with van der Waals surface area (Å²) in [6.07, 6.45) is 3.66. The molecule has 1 aromatic heterocycles. The lowest BCUT2D eigenvalue weighted by Crippen LogP contribution is -2.38. The highest BCUT2D eigenvalue weighted by atomic mass is 16.5. The molecule has 2 heterocycles. The Bertz CT molecular complexity index is 700. The molecule has 1 aliphatic heterocycles. The molecular weight excluding hydrogens is 298 g/mol. The van der Waals surface area contributed by atoms with Gasteiger partial charge in [0.2, 0.25) is 0 Å². The minimum Gasteiger partial charge on any atom is -0.379 e. The van der Waals surface area contributed by atoms with Crippen molar-refractivity contribution in [3.8, 4) is 0 Å². The Kier molecular flexibility index (Phi) is 4.61. The number of nitrogens with zero attached hydrogens (tertiary/aromatic N) is 3. The number of hydrogen-bond donors (Lipinski definition) is 0. The molecule has 0 radical (unpaired) electrons. The predicted molar refractivity (Wildman–Crippen MR) is 98.7 cm³/mol. The van der Waals surface area contributed by atoms with Crippen LogP contribution in [0.25, 0.3) is 10.9 Å². The van der Waals surface area contributed by atoms with E-state index in [4.69, 9.17) is 4.74 Å². The van der Waals surface area contributed by atoms with E-state index in [1.165, 1.54) is 30.2 Å². The van der Waals surface area contributed by atoms with Gasteiger partial charge in [-0.05, 0) is 45.0 Å². The summed E-state index contributed by atoms with van der Waals surface area (Å²) in [7, 11) is 4.43. The average Bonchev–Trinajstić information content (AvgIpc) is 2.94. The zero-order valence-electron chi connectivity index (χ0n) is 15.0. The molecule has 4 heteroatoms. The van der Waals surface area contributed by atoms with Gasteiger partial charge in [0.25, 0.3) is 0 Å². The van der Waals surface area contributed by atoms with Crippen molar-refractivity contribution in [1.29, 1.82) is 0 Å². The van der Waals surface area contributed by atoms with Crippen molar-refractivity contribution < 1.29 is 4.74 Å². The predicted octanol–water partition coefficient (Wildman–Crippen LogP) is 2.39. The quantitative estimate of drug-likeness (QED) is 0.860. The second kappa shape index (κ2) is 6.87. The monoisotopic (exact) mass is 327 g/mol. The van der Waals surface area contributed by atoms with Crippen LogP contribution in [-0.4, -0.2) is 67.4 Å². The third-order valence-corrected chi connectivity index (χ3v) is 5.82. The Labute approximate surface area is 145 Å². The van der Waals surface area contributed by atoms with Crippen LogP contribution < -0.4 is 0 Å².